The summed E-state index contributed by atoms with van der Waals surface area (Å²) in [4.78, 5) is 0. The zero-order valence-electron chi connectivity index (χ0n) is 11.3. The molecule has 2 heteroatoms. The van der Waals surface area contributed by atoms with Crippen molar-refractivity contribution < 1.29 is 4.74 Å². The molecule has 0 aromatic heterocycles. The first-order valence-corrected chi connectivity index (χ1v) is 6.61. The van der Waals surface area contributed by atoms with E-state index in [0.717, 1.165) is 24.7 Å². The molecule has 0 saturated carbocycles. The zero-order chi connectivity index (χ0) is 12.5. The van der Waals surface area contributed by atoms with Crippen molar-refractivity contribution >= 4 is 0 Å². The summed E-state index contributed by atoms with van der Waals surface area (Å²) in [5, 5.41) is 3.37. The van der Waals surface area contributed by atoms with Gasteiger partial charge in [0.15, 0.2) is 0 Å². The summed E-state index contributed by atoms with van der Waals surface area (Å²) in [6.07, 6.45) is 3.54. The van der Waals surface area contributed by atoms with Gasteiger partial charge in [-0.05, 0) is 37.9 Å². The molecule has 1 aromatic rings. The summed E-state index contributed by atoms with van der Waals surface area (Å²) in [6, 6.07) is 10.6. The summed E-state index contributed by atoms with van der Waals surface area (Å²) < 4.78 is 5.71. The first kappa shape index (κ1) is 14.0. The van der Waals surface area contributed by atoms with Gasteiger partial charge in [-0.3, -0.25) is 0 Å². The maximum absolute atomic E-state index is 5.71. The van der Waals surface area contributed by atoms with Crippen LogP contribution in [0.25, 0.3) is 0 Å². The highest BCUT2D eigenvalue weighted by Crippen LogP contribution is 2.13. The van der Waals surface area contributed by atoms with Crippen LogP contribution in [0.4, 0.5) is 0 Å². The van der Waals surface area contributed by atoms with Crippen LogP contribution in [-0.2, 0) is 0 Å². The normalized spacial score (nSPS) is 14.3. The van der Waals surface area contributed by atoms with Crippen LogP contribution in [0.3, 0.4) is 0 Å². The van der Waals surface area contributed by atoms with Gasteiger partial charge in [0.25, 0.3) is 0 Å². The second kappa shape index (κ2) is 8.13. The third-order valence-corrected chi connectivity index (χ3v) is 3.27. The monoisotopic (exact) mass is 235 g/mol. The molecule has 0 radical (unpaired) electrons. The molecule has 0 bridgehead atoms. The molecule has 0 aliphatic rings. The maximum atomic E-state index is 5.71. The Bertz CT molecular complexity index is 286. The maximum Gasteiger partial charge on any atom is 0.119 e. The number of hydrogen-bond acceptors (Lipinski definition) is 2. The second-order valence-corrected chi connectivity index (χ2v) is 4.68. The minimum absolute atomic E-state index is 0.564. The first-order valence-electron chi connectivity index (χ1n) is 6.61. The molecule has 1 N–H and O–H groups in total. The van der Waals surface area contributed by atoms with Crippen LogP contribution in [0.15, 0.2) is 30.3 Å². The Morgan fingerprint density at radius 2 is 1.94 bits per heavy atom. The molecule has 96 valence electrons. The van der Waals surface area contributed by atoms with Crippen molar-refractivity contribution in [3.05, 3.63) is 30.3 Å². The molecule has 2 nitrogen and oxygen atoms in total. The highest BCUT2D eigenvalue weighted by molar-refractivity contribution is 5.20. The van der Waals surface area contributed by atoms with Crippen LogP contribution in [-0.4, -0.2) is 19.7 Å². The van der Waals surface area contributed by atoms with Gasteiger partial charge in [0, 0.05) is 6.04 Å². The molecule has 0 saturated heterocycles. The third-order valence-electron chi connectivity index (χ3n) is 3.27. The molecule has 1 rings (SSSR count). The highest BCUT2D eigenvalue weighted by atomic mass is 16.5. The van der Waals surface area contributed by atoms with Gasteiger partial charge in [0.2, 0.25) is 0 Å². The SMILES string of the molecule is CCC(C)CC(CCOc1ccccc1)NC. The average Bonchev–Trinajstić information content (AvgIpc) is 2.38. The molecule has 2 atom stereocenters. The minimum Gasteiger partial charge on any atom is -0.494 e. The third kappa shape index (κ3) is 5.73. The van der Waals surface area contributed by atoms with Crippen LogP contribution in [0.1, 0.15) is 33.1 Å². The van der Waals surface area contributed by atoms with Crippen LogP contribution < -0.4 is 10.1 Å². The number of para-hydroxylation sites is 1. The summed E-state index contributed by atoms with van der Waals surface area (Å²) in [6.45, 7) is 5.34. The number of rotatable bonds is 8. The molecule has 17 heavy (non-hydrogen) atoms. The Hall–Kier alpha value is -1.02. The van der Waals surface area contributed by atoms with Gasteiger partial charge in [0.1, 0.15) is 5.75 Å². The van der Waals surface area contributed by atoms with Crippen molar-refractivity contribution in [3.8, 4) is 5.75 Å². The number of hydrogen-bond donors (Lipinski definition) is 1. The van der Waals surface area contributed by atoms with Crippen molar-refractivity contribution in [2.24, 2.45) is 5.92 Å². The molecule has 0 aliphatic heterocycles. The molecule has 0 amide bonds. The average molecular weight is 235 g/mol. The quantitative estimate of drug-likeness (QED) is 0.745. The minimum atomic E-state index is 0.564. The summed E-state index contributed by atoms with van der Waals surface area (Å²) >= 11 is 0. The van der Waals surface area contributed by atoms with Gasteiger partial charge >= 0.3 is 0 Å². The Kier molecular flexibility index (Phi) is 6.71. The summed E-state index contributed by atoms with van der Waals surface area (Å²) in [5.74, 6) is 1.75. The van der Waals surface area contributed by atoms with Gasteiger partial charge in [-0.2, -0.15) is 0 Å². The fourth-order valence-electron chi connectivity index (χ4n) is 1.87. The largest absolute Gasteiger partial charge is 0.494 e. The van der Waals surface area contributed by atoms with Crippen LogP contribution >= 0.6 is 0 Å². The molecule has 0 heterocycles. The molecule has 0 fully saturated rings. The standard InChI is InChI=1S/C15H25NO/c1-4-13(2)12-14(16-3)10-11-17-15-8-6-5-7-9-15/h5-9,13-14,16H,4,10-12H2,1-3H3. The topological polar surface area (TPSA) is 21.3 Å². The van der Waals surface area contributed by atoms with E-state index >= 15 is 0 Å². The zero-order valence-corrected chi connectivity index (χ0v) is 11.3. The van der Waals surface area contributed by atoms with Crippen LogP contribution in [0.2, 0.25) is 0 Å². The van der Waals surface area contributed by atoms with E-state index in [1.165, 1.54) is 12.8 Å². The van der Waals surface area contributed by atoms with Gasteiger partial charge in [-0.1, -0.05) is 38.5 Å². The first-order chi connectivity index (χ1) is 8.26. The van der Waals surface area contributed by atoms with E-state index in [9.17, 15) is 0 Å². The van der Waals surface area contributed by atoms with Gasteiger partial charge in [-0.25, -0.2) is 0 Å². The fraction of sp³-hybridized carbons (Fsp3) is 0.600. The molecule has 0 spiro atoms. The molecule has 0 aliphatic carbocycles. The Morgan fingerprint density at radius 1 is 1.24 bits per heavy atom. The summed E-state index contributed by atoms with van der Waals surface area (Å²) in [7, 11) is 2.04. The smallest absolute Gasteiger partial charge is 0.119 e. The van der Waals surface area contributed by atoms with E-state index in [1.54, 1.807) is 0 Å². The lowest BCUT2D eigenvalue weighted by atomic mass is 9.98. The number of ether oxygens (including phenoxy) is 1. The van der Waals surface area contributed by atoms with Crippen molar-refractivity contribution in [1.82, 2.24) is 5.32 Å². The van der Waals surface area contributed by atoms with E-state index in [-0.39, 0.29) is 0 Å². The van der Waals surface area contributed by atoms with Crippen molar-refractivity contribution in [2.75, 3.05) is 13.7 Å². The van der Waals surface area contributed by atoms with E-state index in [4.69, 9.17) is 4.74 Å². The highest BCUT2D eigenvalue weighted by Gasteiger charge is 2.10. The van der Waals surface area contributed by atoms with Crippen LogP contribution in [0, 0.1) is 5.92 Å². The van der Waals surface area contributed by atoms with Crippen molar-refractivity contribution in [3.63, 3.8) is 0 Å². The molecule has 1 aromatic carbocycles. The fourth-order valence-corrected chi connectivity index (χ4v) is 1.87. The predicted octanol–water partition coefficient (Wildman–Crippen LogP) is 3.48. The van der Waals surface area contributed by atoms with Crippen molar-refractivity contribution in [2.45, 2.75) is 39.2 Å². The lowest BCUT2D eigenvalue weighted by molar-refractivity contribution is 0.274. The molecular formula is C15H25NO. The second-order valence-electron chi connectivity index (χ2n) is 4.68. The van der Waals surface area contributed by atoms with Crippen LogP contribution in [0.5, 0.6) is 5.75 Å². The number of benzene rings is 1. The Labute approximate surface area is 105 Å². The van der Waals surface area contributed by atoms with E-state index in [0.29, 0.717) is 6.04 Å². The van der Waals surface area contributed by atoms with E-state index in [1.807, 2.05) is 37.4 Å². The predicted molar refractivity (Wildman–Crippen MR) is 73.5 cm³/mol. The van der Waals surface area contributed by atoms with Gasteiger partial charge in [0.05, 0.1) is 6.61 Å². The lowest BCUT2D eigenvalue weighted by Gasteiger charge is -2.19. The lowest BCUT2D eigenvalue weighted by Crippen LogP contribution is -2.29. The summed E-state index contributed by atoms with van der Waals surface area (Å²) in [5.41, 5.74) is 0. The Balaban J connectivity index is 2.24. The van der Waals surface area contributed by atoms with E-state index in [2.05, 4.69) is 19.2 Å². The number of nitrogens with one attached hydrogen (secondary N) is 1. The van der Waals surface area contributed by atoms with Gasteiger partial charge < -0.3 is 10.1 Å². The van der Waals surface area contributed by atoms with Gasteiger partial charge in [-0.15, -0.1) is 0 Å². The Morgan fingerprint density at radius 3 is 2.53 bits per heavy atom. The molecular weight excluding hydrogens is 210 g/mol. The van der Waals surface area contributed by atoms with E-state index < -0.39 is 0 Å². The molecule has 2 unspecified atom stereocenters. The van der Waals surface area contributed by atoms with Crippen molar-refractivity contribution in [1.29, 1.82) is 0 Å².